The van der Waals surface area contributed by atoms with Gasteiger partial charge in [0.2, 0.25) is 11.7 Å². The maximum Gasteiger partial charge on any atom is 0.325 e. The van der Waals surface area contributed by atoms with Gasteiger partial charge in [-0.3, -0.25) is 14.4 Å². The smallest absolute Gasteiger partial charge is 0.325 e. The molecule has 16 heteroatoms. The predicted octanol–water partition coefficient (Wildman–Crippen LogP) is 1.22. The molecule has 7 N–H and O–H groups in total. The SMILES string of the molecule is CCOC(=O)CNC(=O)NCCNC(=O)c1nc(NCC(c2ccccc2)c2ccccc2)c2ncn([C@@H]3C[C@H](NC(=O)CC)[C@@H](O)[C@H]3O)c2n1. The number of esters is 1. The van der Waals surface area contributed by atoms with E-state index < -0.39 is 42.2 Å². The molecule has 0 bridgehead atoms. The number of benzene rings is 2. The molecular weight excluding hydrogens is 658 g/mol. The Labute approximate surface area is 294 Å². The Morgan fingerprint density at radius 2 is 1.57 bits per heavy atom. The van der Waals surface area contributed by atoms with Crippen LogP contribution < -0.4 is 26.6 Å². The normalized spacial score (nSPS) is 18.3. The number of carbonyl (C=O) groups excluding carboxylic acids is 4. The lowest BCUT2D eigenvalue weighted by Gasteiger charge is -2.20. The first-order valence-electron chi connectivity index (χ1n) is 16.9. The molecule has 2 heterocycles. The molecule has 1 saturated carbocycles. The number of rotatable bonds is 15. The zero-order valence-electron chi connectivity index (χ0n) is 28.4. The van der Waals surface area contributed by atoms with Gasteiger partial charge >= 0.3 is 12.0 Å². The third kappa shape index (κ3) is 9.15. The Morgan fingerprint density at radius 3 is 2.22 bits per heavy atom. The van der Waals surface area contributed by atoms with E-state index in [4.69, 9.17) is 4.74 Å². The van der Waals surface area contributed by atoms with Crippen molar-refractivity contribution in [1.82, 2.24) is 40.8 Å². The number of aliphatic hydroxyl groups is 2. The molecular formula is C35H43N9O7. The fourth-order valence-electron chi connectivity index (χ4n) is 5.98. The average Bonchev–Trinajstić information content (AvgIpc) is 3.69. The molecule has 1 aliphatic rings. The largest absolute Gasteiger partial charge is 0.465 e. The number of ether oxygens (including phenoxy) is 1. The van der Waals surface area contributed by atoms with Crippen LogP contribution in [0.3, 0.4) is 0 Å². The molecule has 5 rings (SSSR count). The number of amides is 4. The van der Waals surface area contributed by atoms with Crippen LogP contribution in [0.1, 0.15) is 60.4 Å². The molecule has 0 saturated heterocycles. The van der Waals surface area contributed by atoms with E-state index in [1.165, 1.54) is 6.33 Å². The fourth-order valence-corrected chi connectivity index (χ4v) is 5.98. The summed E-state index contributed by atoms with van der Waals surface area (Å²) in [5.74, 6) is -1.47. The number of urea groups is 1. The van der Waals surface area contributed by atoms with Gasteiger partial charge in [-0.1, -0.05) is 67.6 Å². The van der Waals surface area contributed by atoms with Crippen LogP contribution in [0, 0.1) is 0 Å². The minimum atomic E-state index is -1.25. The highest BCUT2D eigenvalue weighted by Gasteiger charge is 2.43. The van der Waals surface area contributed by atoms with Crippen LogP contribution >= 0.6 is 0 Å². The molecule has 2 aromatic carbocycles. The molecule has 51 heavy (non-hydrogen) atoms. The van der Waals surface area contributed by atoms with Crippen molar-refractivity contribution in [3.63, 3.8) is 0 Å². The van der Waals surface area contributed by atoms with Gasteiger partial charge in [0, 0.05) is 32.0 Å². The maximum atomic E-state index is 13.4. The summed E-state index contributed by atoms with van der Waals surface area (Å²) in [5.41, 5.74) is 2.71. The maximum absolute atomic E-state index is 13.4. The molecule has 270 valence electrons. The van der Waals surface area contributed by atoms with Gasteiger partial charge in [-0.15, -0.1) is 0 Å². The summed E-state index contributed by atoms with van der Waals surface area (Å²) in [6.07, 6.45) is -0.595. The van der Waals surface area contributed by atoms with Crippen molar-refractivity contribution in [2.45, 2.75) is 56.9 Å². The highest BCUT2D eigenvalue weighted by Crippen LogP contribution is 2.34. The van der Waals surface area contributed by atoms with Crippen LogP contribution in [0.5, 0.6) is 0 Å². The summed E-state index contributed by atoms with van der Waals surface area (Å²) in [6.45, 7) is 3.70. The van der Waals surface area contributed by atoms with E-state index in [9.17, 15) is 29.4 Å². The lowest BCUT2D eigenvalue weighted by molar-refractivity contribution is -0.141. The van der Waals surface area contributed by atoms with Crippen molar-refractivity contribution in [3.8, 4) is 0 Å². The number of hydrogen-bond acceptors (Lipinski definition) is 11. The predicted molar refractivity (Wildman–Crippen MR) is 187 cm³/mol. The van der Waals surface area contributed by atoms with Crippen molar-refractivity contribution >= 4 is 40.8 Å². The van der Waals surface area contributed by atoms with E-state index in [-0.39, 0.29) is 68.2 Å². The number of carbonyl (C=O) groups is 4. The Kier molecular flexibility index (Phi) is 12.5. The minimum absolute atomic E-state index is 0.0194. The lowest BCUT2D eigenvalue weighted by Crippen LogP contribution is -2.42. The molecule has 16 nitrogen and oxygen atoms in total. The van der Waals surface area contributed by atoms with Gasteiger partial charge in [-0.25, -0.2) is 19.7 Å². The van der Waals surface area contributed by atoms with Gasteiger partial charge in [0.25, 0.3) is 5.91 Å². The average molecular weight is 702 g/mol. The molecule has 0 aliphatic heterocycles. The van der Waals surface area contributed by atoms with Gasteiger partial charge in [-0.05, 0) is 24.5 Å². The van der Waals surface area contributed by atoms with Crippen molar-refractivity contribution in [3.05, 3.63) is 83.9 Å². The van der Waals surface area contributed by atoms with Crippen molar-refractivity contribution in [1.29, 1.82) is 0 Å². The first-order valence-corrected chi connectivity index (χ1v) is 16.9. The Morgan fingerprint density at radius 1 is 0.902 bits per heavy atom. The van der Waals surface area contributed by atoms with Gasteiger partial charge in [0.15, 0.2) is 11.5 Å². The third-order valence-corrected chi connectivity index (χ3v) is 8.57. The third-order valence-electron chi connectivity index (χ3n) is 8.57. The van der Waals surface area contributed by atoms with E-state index >= 15 is 0 Å². The summed E-state index contributed by atoms with van der Waals surface area (Å²) >= 11 is 0. The summed E-state index contributed by atoms with van der Waals surface area (Å²) in [7, 11) is 0. The summed E-state index contributed by atoms with van der Waals surface area (Å²) in [5, 5.41) is 35.6. The minimum Gasteiger partial charge on any atom is -0.465 e. The van der Waals surface area contributed by atoms with Crippen LogP contribution in [0.25, 0.3) is 11.2 Å². The first kappa shape index (κ1) is 36.7. The van der Waals surface area contributed by atoms with Gasteiger partial charge in [-0.2, -0.15) is 0 Å². The van der Waals surface area contributed by atoms with Gasteiger partial charge in [0.05, 0.1) is 25.0 Å². The quantitative estimate of drug-likeness (QED) is 0.0690. The molecule has 2 aromatic heterocycles. The monoisotopic (exact) mass is 701 g/mol. The number of hydrogen-bond donors (Lipinski definition) is 7. The Bertz CT molecular complexity index is 1770. The summed E-state index contributed by atoms with van der Waals surface area (Å²) < 4.78 is 6.37. The molecule has 0 spiro atoms. The van der Waals surface area contributed by atoms with E-state index in [0.29, 0.717) is 12.1 Å². The van der Waals surface area contributed by atoms with E-state index in [1.807, 2.05) is 60.7 Å². The molecule has 1 aliphatic carbocycles. The highest BCUT2D eigenvalue weighted by molar-refractivity contribution is 5.94. The van der Waals surface area contributed by atoms with Crippen LogP contribution in [0.2, 0.25) is 0 Å². The number of aromatic nitrogens is 4. The van der Waals surface area contributed by atoms with Crippen molar-refractivity contribution in [2.24, 2.45) is 0 Å². The molecule has 4 atom stereocenters. The molecule has 1 fully saturated rings. The van der Waals surface area contributed by atoms with Crippen LogP contribution in [-0.2, 0) is 14.3 Å². The number of imidazole rings is 1. The lowest BCUT2D eigenvalue weighted by atomic mass is 9.91. The topological polar surface area (TPSA) is 222 Å². The van der Waals surface area contributed by atoms with Gasteiger partial charge in [0.1, 0.15) is 24.3 Å². The van der Waals surface area contributed by atoms with E-state index in [2.05, 4.69) is 41.5 Å². The summed E-state index contributed by atoms with van der Waals surface area (Å²) in [6, 6.07) is 17.9. The Hall–Kier alpha value is -5.61. The second-order valence-corrected chi connectivity index (χ2v) is 12.0. The second-order valence-electron chi connectivity index (χ2n) is 12.0. The number of nitrogens with zero attached hydrogens (tertiary/aromatic N) is 4. The van der Waals surface area contributed by atoms with Crippen molar-refractivity contribution < 1.29 is 34.1 Å². The number of aliphatic hydroxyl groups excluding tert-OH is 2. The Balaban J connectivity index is 1.39. The summed E-state index contributed by atoms with van der Waals surface area (Å²) in [4.78, 5) is 62.7. The molecule has 4 amide bonds. The molecule has 0 radical (unpaired) electrons. The number of anilines is 1. The number of nitrogens with one attached hydrogen (secondary N) is 5. The van der Waals surface area contributed by atoms with Crippen LogP contribution in [0.15, 0.2) is 67.0 Å². The zero-order valence-corrected chi connectivity index (χ0v) is 28.4. The molecule has 4 aromatic rings. The van der Waals surface area contributed by atoms with Crippen molar-refractivity contribution in [2.75, 3.05) is 38.1 Å². The number of fused-ring (bicyclic) bond motifs is 1. The zero-order chi connectivity index (χ0) is 36.3. The first-order chi connectivity index (χ1) is 24.7. The van der Waals surface area contributed by atoms with Gasteiger partial charge < -0.3 is 46.1 Å². The van der Waals surface area contributed by atoms with E-state index in [0.717, 1.165) is 11.1 Å². The van der Waals surface area contributed by atoms with E-state index in [1.54, 1.807) is 18.4 Å². The fraction of sp³-hybridized carbons (Fsp3) is 0.400. The highest BCUT2D eigenvalue weighted by atomic mass is 16.5. The van der Waals surface area contributed by atoms with Crippen LogP contribution in [-0.4, -0.2) is 105 Å². The second kappa shape index (κ2) is 17.4. The standard InChI is InChI=1S/C35H43N9O7/c1-3-26(45)41-24-17-25(30(48)29(24)47)44-20-40-28-31(38-18-23(21-11-7-5-8-12-21)22-13-9-6-10-14-22)42-32(43-33(28)44)34(49)36-15-16-37-35(50)39-19-27(46)51-4-2/h5-14,20,23-25,29-30,47-48H,3-4,15-19H2,1-2H3,(H,36,49)(H,41,45)(H2,37,39,50)(H,38,42,43)/t24-,25+,29+,30-/m0/s1. The molecule has 0 unspecified atom stereocenters. The van der Waals surface area contributed by atoms with Crippen LogP contribution in [0.4, 0.5) is 10.6 Å².